The van der Waals surface area contributed by atoms with E-state index in [9.17, 15) is 19.5 Å². The third kappa shape index (κ3) is 3.66. The summed E-state index contributed by atoms with van der Waals surface area (Å²) in [5, 5.41) is 16.4. The Morgan fingerprint density at radius 1 is 1.19 bits per heavy atom. The van der Waals surface area contributed by atoms with Gasteiger partial charge in [0.1, 0.15) is 5.82 Å². The lowest BCUT2D eigenvalue weighted by molar-refractivity contribution is -0.147. The quantitative estimate of drug-likeness (QED) is 0.756. The number of nitrogens with zero attached hydrogens (tertiary/aromatic N) is 3. The van der Waals surface area contributed by atoms with Crippen LogP contribution in [0.15, 0.2) is 16.9 Å². The standard InChI is InChI=1S/C17H21N5O4/c1-9-8-14(23)20-17(18-9)22-13(7-10(2)21-22)19-15(24)11-5-3-4-6-12(11)16(25)26/h7-8,11-12H,3-6H2,1-2H3,(H,19,24)(H,25,26)(H,18,20,23)/t11-,12+/m1/s1. The van der Waals surface area contributed by atoms with Gasteiger partial charge in [0.2, 0.25) is 11.9 Å². The zero-order chi connectivity index (χ0) is 18.8. The minimum Gasteiger partial charge on any atom is -0.481 e. The van der Waals surface area contributed by atoms with Gasteiger partial charge >= 0.3 is 5.97 Å². The van der Waals surface area contributed by atoms with Gasteiger partial charge in [0, 0.05) is 17.8 Å². The monoisotopic (exact) mass is 359 g/mol. The molecule has 2 aromatic rings. The largest absolute Gasteiger partial charge is 0.481 e. The summed E-state index contributed by atoms with van der Waals surface area (Å²) in [6, 6.07) is 3.01. The molecule has 1 aliphatic rings. The number of carboxylic acid groups (broad SMARTS) is 1. The first-order valence-corrected chi connectivity index (χ1v) is 8.54. The van der Waals surface area contributed by atoms with Crippen LogP contribution in [-0.4, -0.2) is 36.7 Å². The maximum atomic E-state index is 12.7. The molecular formula is C17H21N5O4. The molecule has 0 aliphatic heterocycles. The molecule has 0 bridgehead atoms. The normalized spacial score (nSPS) is 19.9. The highest BCUT2D eigenvalue weighted by atomic mass is 16.4. The Kier molecular flexibility index (Phi) is 4.88. The van der Waals surface area contributed by atoms with E-state index >= 15 is 0 Å². The van der Waals surface area contributed by atoms with E-state index in [0.29, 0.717) is 30.0 Å². The molecule has 1 aliphatic carbocycles. The molecule has 138 valence electrons. The molecule has 0 radical (unpaired) electrons. The van der Waals surface area contributed by atoms with Crippen LogP contribution in [-0.2, 0) is 9.59 Å². The van der Waals surface area contributed by atoms with Crippen LogP contribution in [0.5, 0.6) is 0 Å². The van der Waals surface area contributed by atoms with Crippen molar-refractivity contribution >= 4 is 17.7 Å². The zero-order valence-electron chi connectivity index (χ0n) is 14.7. The number of aromatic nitrogens is 4. The zero-order valence-corrected chi connectivity index (χ0v) is 14.7. The molecule has 1 amide bonds. The second kappa shape index (κ2) is 7.11. The summed E-state index contributed by atoms with van der Waals surface area (Å²) in [5.41, 5.74) is 0.825. The number of carbonyl (C=O) groups is 2. The van der Waals surface area contributed by atoms with Crippen molar-refractivity contribution in [3.05, 3.63) is 33.9 Å². The van der Waals surface area contributed by atoms with Crippen LogP contribution >= 0.6 is 0 Å². The van der Waals surface area contributed by atoms with E-state index in [2.05, 4.69) is 20.4 Å². The van der Waals surface area contributed by atoms with Gasteiger partial charge in [0.15, 0.2) is 0 Å². The Morgan fingerprint density at radius 2 is 1.88 bits per heavy atom. The molecular weight excluding hydrogens is 338 g/mol. The highest BCUT2D eigenvalue weighted by Crippen LogP contribution is 2.31. The molecule has 2 atom stereocenters. The SMILES string of the molecule is Cc1cc(=O)[nH]c(-n2nc(C)cc2NC(=O)[C@@H]2CCCC[C@@H]2C(=O)O)n1. The molecule has 1 fully saturated rings. The molecule has 3 N–H and O–H groups in total. The highest BCUT2D eigenvalue weighted by Gasteiger charge is 2.36. The van der Waals surface area contributed by atoms with E-state index < -0.39 is 17.8 Å². The van der Waals surface area contributed by atoms with Gasteiger partial charge in [-0.25, -0.2) is 4.98 Å². The van der Waals surface area contributed by atoms with Crippen LogP contribution in [0.3, 0.4) is 0 Å². The Labute approximate surface area is 149 Å². The predicted octanol–water partition coefficient (Wildman–Crippen LogP) is 1.40. The third-order valence-electron chi connectivity index (χ3n) is 4.56. The Morgan fingerprint density at radius 3 is 2.54 bits per heavy atom. The van der Waals surface area contributed by atoms with Gasteiger partial charge in [0.05, 0.1) is 17.5 Å². The fraction of sp³-hybridized carbons (Fsp3) is 0.471. The summed E-state index contributed by atoms with van der Waals surface area (Å²) >= 11 is 0. The molecule has 2 heterocycles. The number of aliphatic carboxylic acids is 1. The van der Waals surface area contributed by atoms with Gasteiger partial charge < -0.3 is 10.4 Å². The summed E-state index contributed by atoms with van der Waals surface area (Å²) in [7, 11) is 0. The molecule has 1 saturated carbocycles. The second-order valence-electron chi connectivity index (χ2n) is 6.62. The van der Waals surface area contributed by atoms with Crippen molar-refractivity contribution in [2.75, 3.05) is 5.32 Å². The molecule has 9 heteroatoms. The number of anilines is 1. The summed E-state index contributed by atoms with van der Waals surface area (Å²) in [4.78, 5) is 42.7. The number of amides is 1. The van der Waals surface area contributed by atoms with Crippen LogP contribution in [0.4, 0.5) is 5.82 Å². The van der Waals surface area contributed by atoms with Gasteiger partial charge in [-0.15, -0.1) is 0 Å². The minimum absolute atomic E-state index is 0.192. The smallest absolute Gasteiger partial charge is 0.307 e. The van der Waals surface area contributed by atoms with Crippen molar-refractivity contribution in [3.63, 3.8) is 0 Å². The van der Waals surface area contributed by atoms with Crippen molar-refractivity contribution in [2.24, 2.45) is 11.8 Å². The second-order valence-corrected chi connectivity index (χ2v) is 6.62. The van der Waals surface area contributed by atoms with Crippen LogP contribution in [0.1, 0.15) is 37.1 Å². The number of aryl methyl sites for hydroxylation is 2. The molecule has 2 aromatic heterocycles. The maximum absolute atomic E-state index is 12.7. The summed E-state index contributed by atoms with van der Waals surface area (Å²) in [6.45, 7) is 3.44. The van der Waals surface area contributed by atoms with Crippen LogP contribution in [0.2, 0.25) is 0 Å². The van der Waals surface area contributed by atoms with Crippen molar-refractivity contribution in [2.45, 2.75) is 39.5 Å². The third-order valence-corrected chi connectivity index (χ3v) is 4.56. The molecule has 0 spiro atoms. The molecule has 26 heavy (non-hydrogen) atoms. The van der Waals surface area contributed by atoms with Crippen molar-refractivity contribution in [3.8, 4) is 5.95 Å². The van der Waals surface area contributed by atoms with E-state index in [4.69, 9.17) is 0 Å². The first-order valence-electron chi connectivity index (χ1n) is 8.54. The van der Waals surface area contributed by atoms with Gasteiger partial charge in [-0.2, -0.15) is 9.78 Å². The Hall–Kier alpha value is -2.97. The fourth-order valence-corrected chi connectivity index (χ4v) is 3.37. The van der Waals surface area contributed by atoms with Gasteiger partial charge in [-0.3, -0.25) is 19.4 Å². The van der Waals surface area contributed by atoms with E-state index in [1.165, 1.54) is 10.7 Å². The van der Waals surface area contributed by atoms with Crippen LogP contribution in [0.25, 0.3) is 5.95 Å². The van der Waals surface area contributed by atoms with Crippen molar-refractivity contribution in [1.29, 1.82) is 0 Å². The topological polar surface area (TPSA) is 130 Å². The predicted molar refractivity (Wildman–Crippen MR) is 93.2 cm³/mol. The summed E-state index contributed by atoms with van der Waals surface area (Å²) in [6.07, 6.45) is 2.67. The van der Waals surface area contributed by atoms with Crippen LogP contribution < -0.4 is 10.9 Å². The number of hydrogen-bond donors (Lipinski definition) is 3. The van der Waals surface area contributed by atoms with Crippen LogP contribution in [0, 0.1) is 25.7 Å². The summed E-state index contributed by atoms with van der Waals surface area (Å²) < 4.78 is 1.35. The van der Waals surface area contributed by atoms with Gasteiger partial charge in [-0.05, 0) is 26.7 Å². The van der Waals surface area contributed by atoms with Gasteiger partial charge in [0.25, 0.3) is 5.56 Å². The first-order chi connectivity index (χ1) is 12.3. The van der Waals surface area contributed by atoms with Crippen molar-refractivity contribution < 1.29 is 14.7 Å². The lowest BCUT2D eigenvalue weighted by Gasteiger charge is -2.27. The Bertz CT molecular complexity index is 901. The lowest BCUT2D eigenvalue weighted by Crippen LogP contribution is -2.36. The van der Waals surface area contributed by atoms with E-state index in [-0.39, 0.29) is 17.4 Å². The van der Waals surface area contributed by atoms with Crippen molar-refractivity contribution in [1.82, 2.24) is 19.7 Å². The van der Waals surface area contributed by atoms with Gasteiger partial charge in [-0.1, -0.05) is 12.8 Å². The van der Waals surface area contributed by atoms with E-state index in [1.807, 2.05) is 0 Å². The molecule has 0 aromatic carbocycles. The lowest BCUT2D eigenvalue weighted by atomic mass is 9.79. The Balaban J connectivity index is 1.89. The first kappa shape index (κ1) is 17.8. The number of carbonyl (C=O) groups excluding carboxylic acids is 1. The number of hydrogen-bond acceptors (Lipinski definition) is 5. The summed E-state index contributed by atoms with van der Waals surface area (Å²) in [5.74, 6) is -2.03. The maximum Gasteiger partial charge on any atom is 0.307 e. The number of rotatable bonds is 4. The fourth-order valence-electron chi connectivity index (χ4n) is 3.37. The number of nitrogens with one attached hydrogen (secondary N) is 2. The number of aromatic amines is 1. The average Bonchev–Trinajstić information content (AvgIpc) is 2.94. The highest BCUT2D eigenvalue weighted by molar-refractivity contribution is 5.94. The minimum atomic E-state index is -0.945. The number of carboxylic acids is 1. The average molecular weight is 359 g/mol. The molecule has 0 saturated heterocycles. The van der Waals surface area contributed by atoms with E-state index in [1.54, 1.807) is 19.9 Å². The molecule has 9 nitrogen and oxygen atoms in total. The number of H-pyrrole nitrogens is 1. The molecule has 3 rings (SSSR count). The van der Waals surface area contributed by atoms with E-state index in [0.717, 1.165) is 12.8 Å². The molecule has 0 unspecified atom stereocenters.